The maximum Gasteiger partial charge on any atom is 0.224 e. The molecule has 4 rings (SSSR count). The summed E-state index contributed by atoms with van der Waals surface area (Å²) < 4.78 is 32.6. The summed E-state index contributed by atoms with van der Waals surface area (Å²) in [5, 5.41) is 2.98. The Kier molecular flexibility index (Phi) is 7.58. The first-order valence-corrected chi connectivity index (χ1v) is 11.5. The van der Waals surface area contributed by atoms with E-state index in [0.717, 1.165) is 29.0 Å². The highest BCUT2D eigenvalue weighted by Crippen LogP contribution is 2.32. The zero-order valence-corrected chi connectivity index (χ0v) is 19.6. The summed E-state index contributed by atoms with van der Waals surface area (Å²) in [4.78, 5) is 15.4. The van der Waals surface area contributed by atoms with Gasteiger partial charge in [0.1, 0.15) is 17.4 Å². The highest BCUT2D eigenvalue weighted by atomic mass is 19.1. The van der Waals surface area contributed by atoms with Crippen LogP contribution in [0.3, 0.4) is 0 Å². The molecule has 3 aromatic carbocycles. The van der Waals surface area contributed by atoms with Gasteiger partial charge in [0.2, 0.25) is 5.91 Å². The second kappa shape index (κ2) is 10.8. The third kappa shape index (κ3) is 6.00. The van der Waals surface area contributed by atoms with Crippen LogP contribution in [-0.4, -0.2) is 31.0 Å². The standard InChI is InChI=1S/C28H30F2N2O2/c1-19-12-22(8-11-27(19)30)23-14-24(28(33)31-15-21-4-3-5-25(29)13-21)18-32(17-23)16-20-6-9-26(34-2)10-7-20/h3-13,23-24H,14-18H2,1-2H3,(H,31,33)/t23-,24-/m1/s1. The predicted molar refractivity (Wildman–Crippen MR) is 129 cm³/mol. The van der Waals surface area contributed by atoms with E-state index in [2.05, 4.69) is 10.2 Å². The largest absolute Gasteiger partial charge is 0.497 e. The van der Waals surface area contributed by atoms with Crippen molar-refractivity contribution in [3.63, 3.8) is 0 Å². The Hall–Kier alpha value is -3.25. The van der Waals surface area contributed by atoms with Crippen molar-refractivity contribution >= 4 is 5.91 Å². The number of amides is 1. The number of carbonyl (C=O) groups is 1. The number of nitrogens with one attached hydrogen (secondary N) is 1. The Labute approximate surface area is 199 Å². The van der Waals surface area contributed by atoms with Crippen LogP contribution in [0.2, 0.25) is 0 Å². The molecular formula is C28H30F2N2O2. The smallest absolute Gasteiger partial charge is 0.224 e. The summed E-state index contributed by atoms with van der Waals surface area (Å²) in [6.07, 6.45) is 0.680. The molecule has 1 saturated heterocycles. The molecule has 1 aliphatic heterocycles. The molecule has 0 aromatic heterocycles. The van der Waals surface area contributed by atoms with Gasteiger partial charge in [-0.1, -0.05) is 36.4 Å². The molecule has 34 heavy (non-hydrogen) atoms. The maximum absolute atomic E-state index is 13.9. The number of ether oxygens (including phenoxy) is 1. The number of methoxy groups -OCH3 is 1. The summed E-state index contributed by atoms with van der Waals surface area (Å²) in [6, 6.07) is 19.4. The van der Waals surface area contributed by atoms with Crippen LogP contribution >= 0.6 is 0 Å². The molecule has 1 N–H and O–H groups in total. The first-order valence-electron chi connectivity index (χ1n) is 11.5. The molecular weight excluding hydrogens is 434 g/mol. The van der Waals surface area contributed by atoms with Crippen LogP contribution in [0.15, 0.2) is 66.7 Å². The Balaban J connectivity index is 1.50. The minimum Gasteiger partial charge on any atom is -0.497 e. The van der Waals surface area contributed by atoms with Crippen molar-refractivity contribution < 1.29 is 18.3 Å². The van der Waals surface area contributed by atoms with Crippen LogP contribution in [0.25, 0.3) is 0 Å². The van der Waals surface area contributed by atoms with E-state index in [4.69, 9.17) is 4.74 Å². The second-order valence-electron chi connectivity index (χ2n) is 9.03. The maximum atomic E-state index is 13.9. The van der Waals surface area contributed by atoms with Crippen LogP contribution in [0.5, 0.6) is 5.75 Å². The Morgan fingerprint density at radius 3 is 2.53 bits per heavy atom. The quantitative estimate of drug-likeness (QED) is 0.522. The molecule has 2 atom stereocenters. The molecule has 1 amide bonds. The highest BCUT2D eigenvalue weighted by Gasteiger charge is 2.32. The first kappa shape index (κ1) is 23.9. The molecule has 1 fully saturated rings. The normalized spacial score (nSPS) is 18.5. The fourth-order valence-electron chi connectivity index (χ4n) is 4.64. The van der Waals surface area contributed by atoms with Crippen molar-refractivity contribution in [2.45, 2.75) is 32.4 Å². The lowest BCUT2D eigenvalue weighted by Crippen LogP contribution is -2.45. The summed E-state index contributed by atoms with van der Waals surface area (Å²) in [7, 11) is 1.64. The zero-order chi connectivity index (χ0) is 24.1. The minimum absolute atomic E-state index is 0.0486. The predicted octanol–water partition coefficient (Wildman–Crippen LogP) is 5.20. The van der Waals surface area contributed by atoms with Gasteiger partial charge in [0.15, 0.2) is 0 Å². The molecule has 0 saturated carbocycles. The van der Waals surface area contributed by atoms with Gasteiger partial charge in [-0.15, -0.1) is 0 Å². The monoisotopic (exact) mass is 464 g/mol. The molecule has 0 bridgehead atoms. The van der Waals surface area contributed by atoms with E-state index in [9.17, 15) is 13.6 Å². The molecule has 0 radical (unpaired) electrons. The fraction of sp³-hybridized carbons (Fsp3) is 0.321. The van der Waals surface area contributed by atoms with Gasteiger partial charge in [0.25, 0.3) is 0 Å². The molecule has 3 aromatic rings. The van der Waals surface area contributed by atoms with Gasteiger partial charge in [-0.3, -0.25) is 9.69 Å². The number of nitrogens with zero attached hydrogens (tertiary/aromatic N) is 1. The third-order valence-corrected chi connectivity index (χ3v) is 6.47. The van der Waals surface area contributed by atoms with E-state index in [-0.39, 0.29) is 35.9 Å². The van der Waals surface area contributed by atoms with Gasteiger partial charge >= 0.3 is 0 Å². The Morgan fingerprint density at radius 2 is 1.82 bits per heavy atom. The average Bonchev–Trinajstić information content (AvgIpc) is 2.84. The van der Waals surface area contributed by atoms with E-state index >= 15 is 0 Å². The number of hydrogen-bond acceptors (Lipinski definition) is 3. The topological polar surface area (TPSA) is 41.6 Å². The van der Waals surface area contributed by atoms with E-state index in [0.29, 0.717) is 25.1 Å². The van der Waals surface area contributed by atoms with E-state index in [1.54, 1.807) is 26.2 Å². The molecule has 0 unspecified atom stereocenters. The number of rotatable bonds is 7. The molecule has 6 heteroatoms. The van der Waals surface area contributed by atoms with E-state index in [1.807, 2.05) is 36.4 Å². The van der Waals surface area contributed by atoms with Crippen LogP contribution in [-0.2, 0) is 17.9 Å². The van der Waals surface area contributed by atoms with Crippen molar-refractivity contribution in [1.82, 2.24) is 10.2 Å². The van der Waals surface area contributed by atoms with Crippen molar-refractivity contribution in [1.29, 1.82) is 0 Å². The van der Waals surface area contributed by atoms with Crippen molar-refractivity contribution in [3.05, 3.63) is 101 Å². The lowest BCUT2D eigenvalue weighted by molar-refractivity contribution is -0.127. The minimum atomic E-state index is -0.318. The number of likely N-dealkylation sites (tertiary alicyclic amines) is 1. The van der Waals surface area contributed by atoms with Crippen molar-refractivity contribution in [3.8, 4) is 5.75 Å². The SMILES string of the molecule is COc1ccc(CN2C[C@H](C(=O)NCc3cccc(F)c3)C[C@@H](c3ccc(F)c(C)c3)C2)cc1. The Morgan fingerprint density at radius 1 is 1.03 bits per heavy atom. The lowest BCUT2D eigenvalue weighted by Gasteiger charge is -2.37. The van der Waals surface area contributed by atoms with Gasteiger partial charge in [-0.2, -0.15) is 0 Å². The summed E-state index contributed by atoms with van der Waals surface area (Å²) in [6.45, 7) is 4.16. The van der Waals surface area contributed by atoms with Gasteiger partial charge < -0.3 is 10.1 Å². The molecule has 1 heterocycles. The summed E-state index contributed by atoms with van der Waals surface area (Å²) in [5.41, 5.74) is 3.51. The molecule has 4 nitrogen and oxygen atoms in total. The molecule has 178 valence electrons. The average molecular weight is 465 g/mol. The number of piperidine rings is 1. The summed E-state index contributed by atoms with van der Waals surface area (Å²) >= 11 is 0. The van der Waals surface area contributed by atoms with Crippen molar-refractivity contribution in [2.75, 3.05) is 20.2 Å². The molecule has 0 aliphatic carbocycles. The van der Waals surface area contributed by atoms with Crippen LogP contribution in [0.4, 0.5) is 8.78 Å². The second-order valence-corrected chi connectivity index (χ2v) is 9.03. The fourth-order valence-corrected chi connectivity index (χ4v) is 4.64. The zero-order valence-electron chi connectivity index (χ0n) is 19.6. The van der Waals surface area contributed by atoms with Crippen molar-refractivity contribution in [2.24, 2.45) is 5.92 Å². The number of hydrogen-bond donors (Lipinski definition) is 1. The lowest BCUT2D eigenvalue weighted by atomic mass is 9.83. The van der Waals surface area contributed by atoms with Crippen LogP contribution in [0, 0.1) is 24.5 Å². The first-order chi connectivity index (χ1) is 16.4. The van der Waals surface area contributed by atoms with Crippen LogP contribution < -0.4 is 10.1 Å². The summed E-state index contributed by atoms with van der Waals surface area (Å²) in [5.74, 6) is 0.0946. The molecule has 0 spiro atoms. The van der Waals surface area contributed by atoms with Crippen LogP contribution in [0.1, 0.15) is 34.6 Å². The van der Waals surface area contributed by atoms with E-state index in [1.165, 1.54) is 18.2 Å². The number of benzene rings is 3. The number of halogens is 2. The Bertz CT molecular complexity index is 1130. The number of aryl methyl sites for hydroxylation is 1. The van der Waals surface area contributed by atoms with Gasteiger partial charge in [-0.05, 0) is 71.8 Å². The third-order valence-electron chi connectivity index (χ3n) is 6.47. The highest BCUT2D eigenvalue weighted by molar-refractivity contribution is 5.79. The van der Waals surface area contributed by atoms with Gasteiger partial charge in [0.05, 0.1) is 13.0 Å². The van der Waals surface area contributed by atoms with Gasteiger partial charge in [-0.25, -0.2) is 8.78 Å². The molecule has 1 aliphatic rings. The number of carbonyl (C=O) groups excluding carboxylic acids is 1. The van der Waals surface area contributed by atoms with Gasteiger partial charge in [0, 0.05) is 26.2 Å². The van der Waals surface area contributed by atoms with E-state index < -0.39 is 0 Å².